The van der Waals surface area contributed by atoms with E-state index in [1.54, 1.807) is 6.07 Å². The lowest BCUT2D eigenvalue weighted by molar-refractivity contribution is -0.137. The number of hydrogen-bond acceptors (Lipinski definition) is 1. The third kappa shape index (κ3) is 2.69. The highest BCUT2D eigenvalue weighted by Crippen LogP contribution is 2.41. The van der Waals surface area contributed by atoms with Crippen LogP contribution in [0.5, 0.6) is 0 Å². The van der Waals surface area contributed by atoms with Crippen LogP contribution in [0.2, 0.25) is 12.1 Å². The van der Waals surface area contributed by atoms with Gasteiger partial charge in [0.15, 0.2) is 0 Å². The maximum Gasteiger partial charge on any atom is 0.416 e. The molecule has 0 radical (unpaired) electrons. The van der Waals surface area contributed by atoms with Gasteiger partial charge in [-0.05, 0) is 53.0 Å². The minimum Gasteiger partial charge on any atom is -0.401 e. The van der Waals surface area contributed by atoms with Gasteiger partial charge >= 0.3 is 6.18 Å². The van der Waals surface area contributed by atoms with E-state index in [0.717, 1.165) is 34.0 Å². The zero-order chi connectivity index (χ0) is 17.5. The molecule has 0 amide bonds. The molecule has 0 fully saturated rings. The molecule has 0 unspecified atom stereocenters. The van der Waals surface area contributed by atoms with Crippen molar-refractivity contribution < 1.29 is 17.6 Å². The normalized spacial score (nSPS) is 19.3. The lowest BCUT2D eigenvalue weighted by atomic mass is 9.97. The lowest BCUT2D eigenvalue weighted by Gasteiger charge is -2.26. The van der Waals surface area contributed by atoms with Crippen molar-refractivity contribution in [3.05, 3.63) is 64.7 Å². The molecule has 3 rings (SSSR count). The standard InChI is InChI=1S/C19H21F3OSi/c1-4-24(5-2)17-12-14(19(20,21)22)10-11-16(17)18(23-24)15-9-7-6-8-13(15)3/h6-12,18H,4-5H2,1-3H3/t18-/m1/s1. The molecule has 0 spiro atoms. The fourth-order valence-electron chi connectivity index (χ4n) is 3.62. The Balaban J connectivity index is 2.19. The van der Waals surface area contributed by atoms with Crippen molar-refractivity contribution in [3.8, 4) is 0 Å². The average molecular weight is 350 g/mol. The van der Waals surface area contributed by atoms with Crippen molar-refractivity contribution in [2.45, 2.75) is 45.1 Å². The van der Waals surface area contributed by atoms with Gasteiger partial charge in [-0.2, -0.15) is 13.2 Å². The van der Waals surface area contributed by atoms with Gasteiger partial charge in [0.25, 0.3) is 0 Å². The fraction of sp³-hybridized carbons (Fsp3) is 0.368. The molecule has 1 atom stereocenters. The van der Waals surface area contributed by atoms with Gasteiger partial charge in [0, 0.05) is 0 Å². The second-order valence-corrected chi connectivity index (χ2v) is 10.5. The lowest BCUT2D eigenvalue weighted by Crippen LogP contribution is -2.46. The topological polar surface area (TPSA) is 9.23 Å². The number of fused-ring (bicyclic) bond motifs is 1. The summed E-state index contributed by atoms with van der Waals surface area (Å²) in [4.78, 5) is 0. The van der Waals surface area contributed by atoms with Crippen LogP contribution < -0.4 is 5.19 Å². The Bertz CT molecular complexity index is 751. The molecule has 0 bridgehead atoms. The third-order valence-electron chi connectivity index (χ3n) is 5.11. The number of alkyl halides is 3. The maximum atomic E-state index is 13.2. The van der Waals surface area contributed by atoms with Crippen molar-refractivity contribution in [2.24, 2.45) is 0 Å². The van der Waals surface area contributed by atoms with Gasteiger partial charge in [-0.15, -0.1) is 0 Å². The number of halogens is 3. The monoisotopic (exact) mass is 350 g/mol. The second kappa shape index (κ2) is 6.04. The average Bonchev–Trinajstić information content (AvgIpc) is 2.89. The van der Waals surface area contributed by atoms with Crippen molar-refractivity contribution in [1.82, 2.24) is 0 Å². The molecule has 24 heavy (non-hydrogen) atoms. The van der Waals surface area contributed by atoms with Gasteiger partial charge in [0.1, 0.15) is 0 Å². The van der Waals surface area contributed by atoms with E-state index in [4.69, 9.17) is 4.43 Å². The van der Waals surface area contributed by atoms with E-state index < -0.39 is 20.1 Å². The van der Waals surface area contributed by atoms with E-state index >= 15 is 0 Å². The summed E-state index contributed by atoms with van der Waals surface area (Å²) in [5.74, 6) is 0. The Labute approximate surface area is 141 Å². The quantitative estimate of drug-likeness (QED) is 0.680. The Morgan fingerprint density at radius 3 is 2.25 bits per heavy atom. The van der Waals surface area contributed by atoms with Crippen LogP contribution in [0.3, 0.4) is 0 Å². The molecule has 1 aliphatic rings. The van der Waals surface area contributed by atoms with Crippen LogP contribution in [0.25, 0.3) is 0 Å². The molecule has 1 aliphatic heterocycles. The number of aryl methyl sites for hydroxylation is 1. The predicted molar refractivity (Wildman–Crippen MR) is 91.9 cm³/mol. The van der Waals surface area contributed by atoms with E-state index in [0.29, 0.717) is 0 Å². The zero-order valence-corrected chi connectivity index (χ0v) is 15.1. The Morgan fingerprint density at radius 2 is 1.67 bits per heavy atom. The summed E-state index contributed by atoms with van der Waals surface area (Å²) >= 11 is 0. The van der Waals surface area contributed by atoms with Gasteiger partial charge < -0.3 is 4.43 Å². The Morgan fingerprint density at radius 1 is 1.00 bits per heavy atom. The summed E-state index contributed by atoms with van der Waals surface area (Å²) in [5, 5.41) is 0.815. The summed E-state index contributed by atoms with van der Waals surface area (Å²) in [6.07, 6.45) is -4.58. The molecule has 0 saturated carbocycles. The van der Waals surface area contributed by atoms with E-state index in [-0.39, 0.29) is 6.10 Å². The summed E-state index contributed by atoms with van der Waals surface area (Å²) in [6.45, 7) is 6.07. The van der Waals surface area contributed by atoms with Crippen molar-refractivity contribution >= 4 is 13.5 Å². The van der Waals surface area contributed by atoms with E-state index in [1.807, 2.05) is 45.0 Å². The number of rotatable bonds is 3. The molecule has 1 nitrogen and oxygen atoms in total. The van der Waals surface area contributed by atoms with E-state index in [2.05, 4.69) is 0 Å². The van der Waals surface area contributed by atoms with Gasteiger partial charge in [-0.3, -0.25) is 0 Å². The fourth-order valence-corrected chi connectivity index (χ4v) is 7.20. The summed E-state index contributed by atoms with van der Waals surface area (Å²) in [5.41, 5.74) is 2.49. The third-order valence-corrected chi connectivity index (χ3v) is 9.50. The molecule has 2 aromatic rings. The van der Waals surface area contributed by atoms with Crippen LogP contribution in [-0.4, -0.2) is 8.32 Å². The van der Waals surface area contributed by atoms with E-state index in [1.165, 1.54) is 12.1 Å². The Kier molecular flexibility index (Phi) is 4.34. The number of benzene rings is 2. The summed E-state index contributed by atoms with van der Waals surface area (Å²) < 4.78 is 46.0. The van der Waals surface area contributed by atoms with Gasteiger partial charge in [0.05, 0.1) is 11.7 Å². The van der Waals surface area contributed by atoms with Crippen molar-refractivity contribution in [2.75, 3.05) is 0 Å². The van der Waals surface area contributed by atoms with Crippen molar-refractivity contribution in [1.29, 1.82) is 0 Å². The first-order chi connectivity index (χ1) is 11.3. The van der Waals surface area contributed by atoms with Crippen LogP contribution in [0, 0.1) is 6.92 Å². The van der Waals surface area contributed by atoms with Crippen LogP contribution in [0.4, 0.5) is 13.2 Å². The minimum absolute atomic E-state index is 0.255. The van der Waals surface area contributed by atoms with Crippen LogP contribution in [-0.2, 0) is 10.6 Å². The summed E-state index contributed by atoms with van der Waals surface area (Å²) in [6, 6.07) is 13.6. The molecule has 1 heterocycles. The molecular weight excluding hydrogens is 329 g/mol. The first-order valence-electron chi connectivity index (χ1n) is 8.27. The molecule has 0 N–H and O–H groups in total. The highest BCUT2D eigenvalue weighted by atomic mass is 28.4. The Hall–Kier alpha value is -1.59. The predicted octanol–water partition coefficient (Wildman–Crippen LogP) is 5.33. The molecular formula is C19H21F3OSi. The molecule has 2 aromatic carbocycles. The smallest absolute Gasteiger partial charge is 0.401 e. The maximum absolute atomic E-state index is 13.2. The van der Waals surface area contributed by atoms with Crippen LogP contribution in [0.1, 0.15) is 42.2 Å². The SMILES string of the molecule is CC[Si]1(CC)O[C@H](c2ccccc2C)c2ccc(C(F)(F)F)cc21. The molecule has 128 valence electrons. The van der Waals surface area contributed by atoms with Crippen molar-refractivity contribution in [3.63, 3.8) is 0 Å². The molecule has 0 aromatic heterocycles. The highest BCUT2D eigenvalue weighted by molar-refractivity contribution is 6.87. The zero-order valence-electron chi connectivity index (χ0n) is 14.1. The molecule has 0 saturated heterocycles. The number of hydrogen-bond donors (Lipinski definition) is 0. The first kappa shape index (κ1) is 17.2. The molecule has 5 heteroatoms. The minimum atomic E-state index is -4.32. The second-order valence-electron chi connectivity index (χ2n) is 6.36. The largest absolute Gasteiger partial charge is 0.416 e. The van der Waals surface area contributed by atoms with Gasteiger partial charge in [-0.1, -0.05) is 44.2 Å². The van der Waals surface area contributed by atoms with Crippen LogP contribution in [0.15, 0.2) is 42.5 Å². The molecule has 0 aliphatic carbocycles. The highest BCUT2D eigenvalue weighted by Gasteiger charge is 2.47. The summed E-state index contributed by atoms with van der Waals surface area (Å²) in [7, 11) is -2.38. The first-order valence-corrected chi connectivity index (χ1v) is 10.6. The van der Waals surface area contributed by atoms with Gasteiger partial charge in [0.2, 0.25) is 8.32 Å². The van der Waals surface area contributed by atoms with Gasteiger partial charge in [-0.25, -0.2) is 0 Å². The van der Waals surface area contributed by atoms with E-state index in [9.17, 15) is 13.2 Å². The van der Waals surface area contributed by atoms with Crippen LogP contribution >= 0.6 is 0 Å².